The summed E-state index contributed by atoms with van der Waals surface area (Å²) in [6.07, 6.45) is 0. The molecule has 0 aliphatic rings. The molecule has 1 amide bonds. The molecule has 3 aromatic carbocycles. The molecule has 0 saturated heterocycles. The maximum Gasteiger partial charge on any atom is 0.271 e. The van der Waals surface area contributed by atoms with Crippen molar-refractivity contribution >= 4 is 27.3 Å². The highest BCUT2D eigenvalue weighted by Crippen LogP contribution is 2.26. The third kappa shape index (κ3) is 5.46. The second-order valence-corrected chi connectivity index (χ2v) is 8.16. The zero-order valence-corrected chi connectivity index (χ0v) is 17.6. The number of amides is 1. The van der Waals surface area contributed by atoms with E-state index in [4.69, 9.17) is 4.74 Å². The summed E-state index contributed by atoms with van der Waals surface area (Å²) in [7, 11) is -2.52. The van der Waals surface area contributed by atoms with Gasteiger partial charge < -0.3 is 4.74 Å². The van der Waals surface area contributed by atoms with E-state index in [9.17, 15) is 17.6 Å². The van der Waals surface area contributed by atoms with Gasteiger partial charge in [0.1, 0.15) is 11.6 Å². The molecular weight excluding hydrogens is 421 g/mol. The Morgan fingerprint density at radius 2 is 1.68 bits per heavy atom. The van der Waals surface area contributed by atoms with Crippen molar-refractivity contribution in [2.75, 3.05) is 11.8 Å². The number of carbonyl (C=O) groups is 1. The van der Waals surface area contributed by atoms with Gasteiger partial charge in [-0.3, -0.25) is 9.52 Å². The molecule has 3 rings (SSSR count). The molecule has 9 heteroatoms. The number of methoxy groups -OCH3 is 1. The van der Waals surface area contributed by atoms with Gasteiger partial charge in [-0.05, 0) is 55.0 Å². The van der Waals surface area contributed by atoms with Crippen molar-refractivity contribution < 1.29 is 22.3 Å². The van der Waals surface area contributed by atoms with E-state index in [1.54, 1.807) is 31.2 Å². The van der Waals surface area contributed by atoms with E-state index in [0.29, 0.717) is 17.0 Å². The molecule has 0 unspecified atom stereocenters. The van der Waals surface area contributed by atoms with Crippen molar-refractivity contribution in [2.24, 2.45) is 5.10 Å². The van der Waals surface area contributed by atoms with Crippen LogP contribution >= 0.6 is 0 Å². The molecular formula is C22H20FN3O4S. The van der Waals surface area contributed by atoms with Gasteiger partial charge in [0.2, 0.25) is 0 Å². The summed E-state index contributed by atoms with van der Waals surface area (Å²) in [5, 5.41) is 4.00. The summed E-state index contributed by atoms with van der Waals surface area (Å²) in [6, 6.07) is 17.8. The highest BCUT2D eigenvalue weighted by atomic mass is 32.2. The van der Waals surface area contributed by atoms with Crippen LogP contribution < -0.4 is 14.9 Å². The van der Waals surface area contributed by atoms with E-state index in [1.165, 1.54) is 55.6 Å². The molecule has 0 spiro atoms. The monoisotopic (exact) mass is 441 g/mol. The lowest BCUT2D eigenvalue weighted by molar-refractivity contribution is 0.0954. The average molecular weight is 441 g/mol. The standard InChI is InChI=1S/C22H20FN3O4S/c1-15(16-10-12-18(23)13-11-16)24-25-22(27)17-6-5-7-19(14-17)31(28,29)26-20-8-3-4-9-21(20)30-2/h3-14,26H,1-2H3,(H,25,27)/b24-15-. The maximum atomic E-state index is 13.0. The first-order chi connectivity index (χ1) is 14.8. The number of ether oxygens (including phenoxy) is 1. The van der Waals surface area contributed by atoms with Crippen molar-refractivity contribution in [1.29, 1.82) is 0 Å². The van der Waals surface area contributed by atoms with Crippen molar-refractivity contribution in [3.63, 3.8) is 0 Å². The number of hydrazone groups is 1. The van der Waals surface area contributed by atoms with Gasteiger partial charge in [-0.25, -0.2) is 18.2 Å². The fraction of sp³-hybridized carbons (Fsp3) is 0.0909. The molecule has 31 heavy (non-hydrogen) atoms. The number of nitrogens with zero attached hydrogens (tertiary/aromatic N) is 1. The molecule has 0 aliphatic heterocycles. The first kappa shape index (κ1) is 22.0. The van der Waals surface area contributed by atoms with E-state index in [0.717, 1.165) is 0 Å². The molecule has 0 fully saturated rings. The van der Waals surface area contributed by atoms with Gasteiger partial charge in [-0.15, -0.1) is 0 Å². The Balaban J connectivity index is 1.78. The van der Waals surface area contributed by atoms with E-state index in [2.05, 4.69) is 15.2 Å². The minimum atomic E-state index is -3.96. The number of benzene rings is 3. The molecule has 0 heterocycles. The van der Waals surface area contributed by atoms with Crippen molar-refractivity contribution in [3.05, 3.63) is 89.7 Å². The van der Waals surface area contributed by atoms with Gasteiger partial charge in [0.15, 0.2) is 0 Å². The molecule has 0 bridgehead atoms. The normalized spacial score (nSPS) is 11.6. The van der Waals surface area contributed by atoms with Gasteiger partial charge in [-0.2, -0.15) is 5.10 Å². The molecule has 0 aromatic heterocycles. The maximum absolute atomic E-state index is 13.0. The number of rotatable bonds is 7. The van der Waals surface area contributed by atoms with Crippen molar-refractivity contribution in [2.45, 2.75) is 11.8 Å². The quantitative estimate of drug-likeness (QED) is 0.431. The smallest absolute Gasteiger partial charge is 0.271 e. The fourth-order valence-electron chi connectivity index (χ4n) is 2.69. The minimum Gasteiger partial charge on any atom is -0.495 e. The zero-order chi connectivity index (χ0) is 22.4. The number of hydrogen-bond donors (Lipinski definition) is 2. The lowest BCUT2D eigenvalue weighted by Crippen LogP contribution is -2.20. The minimum absolute atomic E-state index is 0.0923. The Hall–Kier alpha value is -3.72. The molecule has 2 N–H and O–H groups in total. The van der Waals surface area contributed by atoms with Crippen LogP contribution in [-0.4, -0.2) is 27.1 Å². The van der Waals surface area contributed by atoms with E-state index in [-0.39, 0.29) is 22.0 Å². The zero-order valence-electron chi connectivity index (χ0n) is 16.8. The Kier molecular flexibility index (Phi) is 6.66. The van der Waals surface area contributed by atoms with Crippen LogP contribution in [0, 0.1) is 5.82 Å². The molecule has 160 valence electrons. The van der Waals surface area contributed by atoms with E-state index in [1.807, 2.05) is 0 Å². The Labute approximate surface area is 179 Å². The third-order valence-corrected chi connectivity index (χ3v) is 5.71. The summed E-state index contributed by atoms with van der Waals surface area (Å²) in [5.74, 6) is -0.596. The number of nitrogens with one attached hydrogen (secondary N) is 2. The van der Waals surface area contributed by atoms with Crippen LogP contribution in [0.4, 0.5) is 10.1 Å². The van der Waals surface area contributed by atoms with Gasteiger partial charge >= 0.3 is 0 Å². The largest absolute Gasteiger partial charge is 0.495 e. The van der Waals surface area contributed by atoms with Crippen LogP contribution in [0.25, 0.3) is 0 Å². The molecule has 0 atom stereocenters. The van der Waals surface area contributed by atoms with Gasteiger partial charge in [-0.1, -0.05) is 30.3 Å². The van der Waals surface area contributed by atoms with Gasteiger partial charge in [0.25, 0.3) is 15.9 Å². The molecule has 3 aromatic rings. The Morgan fingerprint density at radius 1 is 0.968 bits per heavy atom. The molecule has 7 nitrogen and oxygen atoms in total. The number of sulfonamides is 1. The number of hydrogen-bond acceptors (Lipinski definition) is 5. The van der Waals surface area contributed by atoms with Crippen LogP contribution in [0.15, 0.2) is 82.8 Å². The van der Waals surface area contributed by atoms with Gasteiger partial charge in [0, 0.05) is 5.56 Å². The highest BCUT2D eigenvalue weighted by molar-refractivity contribution is 7.92. The van der Waals surface area contributed by atoms with Crippen LogP contribution in [0.5, 0.6) is 5.75 Å². The predicted octanol–water partition coefficient (Wildman–Crippen LogP) is 3.79. The van der Waals surface area contributed by atoms with Crippen molar-refractivity contribution in [3.8, 4) is 5.75 Å². The van der Waals surface area contributed by atoms with Gasteiger partial charge in [0.05, 0.1) is 23.4 Å². The first-order valence-electron chi connectivity index (χ1n) is 9.16. The van der Waals surface area contributed by atoms with E-state index >= 15 is 0 Å². The fourth-order valence-corrected chi connectivity index (χ4v) is 3.81. The van der Waals surface area contributed by atoms with Crippen LogP contribution in [-0.2, 0) is 10.0 Å². The van der Waals surface area contributed by atoms with E-state index < -0.39 is 15.9 Å². The number of carbonyl (C=O) groups excluding carboxylic acids is 1. The summed E-state index contributed by atoms with van der Waals surface area (Å²) in [4.78, 5) is 12.4. The lowest BCUT2D eigenvalue weighted by Gasteiger charge is -2.12. The molecule has 0 saturated carbocycles. The van der Waals surface area contributed by atoms with Crippen LogP contribution in [0.1, 0.15) is 22.8 Å². The SMILES string of the molecule is COc1ccccc1NS(=O)(=O)c1cccc(C(=O)N/N=C(/C)c2ccc(F)cc2)c1. The van der Waals surface area contributed by atoms with Crippen molar-refractivity contribution in [1.82, 2.24) is 5.43 Å². The first-order valence-corrected chi connectivity index (χ1v) is 10.6. The topological polar surface area (TPSA) is 96.9 Å². The lowest BCUT2D eigenvalue weighted by atomic mass is 10.1. The highest BCUT2D eigenvalue weighted by Gasteiger charge is 2.18. The summed E-state index contributed by atoms with van der Waals surface area (Å²) < 4.78 is 46.2. The average Bonchev–Trinajstić information content (AvgIpc) is 2.78. The van der Waals surface area contributed by atoms with Crippen LogP contribution in [0.2, 0.25) is 0 Å². The summed E-state index contributed by atoms with van der Waals surface area (Å²) in [5.41, 5.74) is 3.87. The number of para-hydroxylation sites is 2. The number of anilines is 1. The molecule has 0 radical (unpaired) electrons. The summed E-state index contributed by atoms with van der Waals surface area (Å²) in [6.45, 7) is 1.66. The second-order valence-electron chi connectivity index (χ2n) is 6.48. The van der Waals surface area contributed by atoms with Crippen LogP contribution in [0.3, 0.4) is 0 Å². The predicted molar refractivity (Wildman–Crippen MR) is 116 cm³/mol. The molecule has 0 aliphatic carbocycles. The number of halogens is 1. The Bertz CT molecular complexity index is 1230. The third-order valence-electron chi connectivity index (χ3n) is 4.34. The summed E-state index contributed by atoms with van der Waals surface area (Å²) >= 11 is 0. The second kappa shape index (κ2) is 9.40. The Morgan fingerprint density at radius 3 is 2.39 bits per heavy atom.